The third-order valence-electron chi connectivity index (χ3n) is 2.47. The summed E-state index contributed by atoms with van der Waals surface area (Å²) >= 11 is 1.71. The molecule has 0 spiro atoms. The van der Waals surface area contributed by atoms with Crippen LogP contribution in [0.15, 0.2) is 11.6 Å². The summed E-state index contributed by atoms with van der Waals surface area (Å²) in [5, 5.41) is 6.73. The predicted octanol–water partition coefficient (Wildman–Crippen LogP) is 1.97. The van der Waals surface area contributed by atoms with E-state index >= 15 is 0 Å². The maximum Gasteiger partial charge on any atom is 0.109 e. The van der Waals surface area contributed by atoms with Crippen molar-refractivity contribution in [3.8, 4) is 0 Å². The Bertz CT molecular complexity index is 257. The number of hydrogen-bond acceptors (Lipinski definition) is 4. The van der Waals surface area contributed by atoms with Crippen LogP contribution in [0.1, 0.15) is 30.8 Å². The van der Waals surface area contributed by atoms with Gasteiger partial charge in [-0.25, -0.2) is 4.98 Å². The van der Waals surface area contributed by atoms with Crippen LogP contribution in [0.2, 0.25) is 0 Å². The van der Waals surface area contributed by atoms with Crippen molar-refractivity contribution < 1.29 is 4.74 Å². The van der Waals surface area contributed by atoms with Gasteiger partial charge in [0.1, 0.15) is 5.01 Å². The Labute approximate surface area is 88.5 Å². The van der Waals surface area contributed by atoms with Gasteiger partial charge in [-0.2, -0.15) is 0 Å². The van der Waals surface area contributed by atoms with Crippen molar-refractivity contribution in [2.24, 2.45) is 0 Å². The molecule has 1 fully saturated rings. The molecule has 1 saturated heterocycles. The molecular weight excluding hydrogens is 196 g/mol. The van der Waals surface area contributed by atoms with Crippen molar-refractivity contribution >= 4 is 11.3 Å². The number of nitrogens with zero attached hydrogens (tertiary/aromatic N) is 1. The molecule has 14 heavy (non-hydrogen) atoms. The fraction of sp³-hybridized carbons (Fsp3) is 0.700. The van der Waals surface area contributed by atoms with Crippen molar-refractivity contribution in [1.82, 2.24) is 10.3 Å². The lowest BCUT2D eigenvalue weighted by atomic mass is 10.1. The van der Waals surface area contributed by atoms with E-state index < -0.39 is 0 Å². The Kier molecular flexibility index (Phi) is 3.50. The molecular formula is C10H16N2OS. The normalized spacial score (nSPS) is 24.8. The maximum absolute atomic E-state index is 5.42. The number of rotatable bonds is 3. The summed E-state index contributed by atoms with van der Waals surface area (Å²) in [5.41, 5.74) is 0. The molecule has 1 N–H and O–H groups in total. The summed E-state index contributed by atoms with van der Waals surface area (Å²) in [6.45, 7) is 3.92. The average molecular weight is 212 g/mol. The molecule has 1 aliphatic rings. The lowest BCUT2D eigenvalue weighted by Gasteiger charge is -2.25. The Balaban J connectivity index is 1.84. The van der Waals surface area contributed by atoms with Gasteiger partial charge in [0.2, 0.25) is 0 Å². The molecule has 0 saturated carbocycles. The minimum Gasteiger partial charge on any atom is -0.380 e. The zero-order valence-electron chi connectivity index (χ0n) is 8.40. The van der Waals surface area contributed by atoms with Gasteiger partial charge in [-0.3, -0.25) is 0 Å². The van der Waals surface area contributed by atoms with E-state index in [-0.39, 0.29) is 0 Å². The maximum atomic E-state index is 5.42. The van der Waals surface area contributed by atoms with Crippen LogP contribution in [0.5, 0.6) is 0 Å². The van der Waals surface area contributed by atoms with Gasteiger partial charge in [0.15, 0.2) is 0 Å². The van der Waals surface area contributed by atoms with Crippen LogP contribution in [-0.2, 0) is 4.74 Å². The summed E-state index contributed by atoms with van der Waals surface area (Å²) < 4.78 is 5.42. The van der Waals surface area contributed by atoms with Gasteiger partial charge in [0, 0.05) is 24.2 Å². The lowest BCUT2D eigenvalue weighted by molar-refractivity contribution is 0.0671. The highest BCUT2D eigenvalue weighted by Crippen LogP contribution is 2.17. The summed E-state index contributed by atoms with van der Waals surface area (Å²) in [4.78, 5) is 4.30. The molecule has 2 unspecified atom stereocenters. The Morgan fingerprint density at radius 1 is 1.71 bits per heavy atom. The number of hydrogen-bond donors (Lipinski definition) is 1. The Morgan fingerprint density at radius 3 is 3.29 bits per heavy atom. The SMILES string of the molecule is CC(NC1CCCOC1)c1nccs1. The molecule has 0 amide bonds. The van der Waals surface area contributed by atoms with Crippen LogP contribution in [0.4, 0.5) is 0 Å². The van der Waals surface area contributed by atoms with Crippen molar-refractivity contribution in [3.63, 3.8) is 0 Å². The monoisotopic (exact) mass is 212 g/mol. The fourth-order valence-electron chi connectivity index (χ4n) is 1.75. The quantitative estimate of drug-likeness (QED) is 0.832. The highest BCUT2D eigenvalue weighted by molar-refractivity contribution is 7.09. The second-order valence-electron chi connectivity index (χ2n) is 3.67. The van der Waals surface area contributed by atoms with E-state index in [0.717, 1.165) is 18.2 Å². The van der Waals surface area contributed by atoms with Gasteiger partial charge >= 0.3 is 0 Å². The lowest BCUT2D eigenvalue weighted by Crippen LogP contribution is -2.38. The molecule has 0 aliphatic carbocycles. The van der Waals surface area contributed by atoms with E-state index in [0.29, 0.717) is 12.1 Å². The number of thiazole rings is 1. The van der Waals surface area contributed by atoms with Gasteiger partial charge in [-0.1, -0.05) is 0 Å². The minimum atomic E-state index is 0.349. The van der Waals surface area contributed by atoms with E-state index in [9.17, 15) is 0 Å². The van der Waals surface area contributed by atoms with Crippen molar-refractivity contribution in [1.29, 1.82) is 0 Å². The largest absolute Gasteiger partial charge is 0.380 e. The molecule has 0 bridgehead atoms. The molecule has 2 heterocycles. The van der Waals surface area contributed by atoms with E-state index in [2.05, 4.69) is 17.2 Å². The number of ether oxygens (including phenoxy) is 1. The van der Waals surface area contributed by atoms with Gasteiger partial charge < -0.3 is 10.1 Å². The summed E-state index contributed by atoms with van der Waals surface area (Å²) in [5.74, 6) is 0. The van der Waals surface area contributed by atoms with Crippen LogP contribution in [0.3, 0.4) is 0 Å². The summed E-state index contributed by atoms with van der Waals surface area (Å²) in [7, 11) is 0. The average Bonchev–Trinajstić information content (AvgIpc) is 2.72. The molecule has 1 aliphatic heterocycles. The van der Waals surface area contributed by atoms with Crippen LogP contribution in [-0.4, -0.2) is 24.2 Å². The molecule has 1 aromatic rings. The Hall–Kier alpha value is -0.450. The molecule has 4 heteroatoms. The smallest absolute Gasteiger partial charge is 0.109 e. The third-order valence-corrected chi connectivity index (χ3v) is 3.43. The van der Waals surface area contributed by atoms with Crippen LogP contribution in [0, 0.1) is 0 Å². The molecule has 0 aromatic carbocycles. The summed E-state index contributed by atoms with van der Waals surface area (Å²) in [6.07, 6.45) is 4.24. The highest BCUT2D eigenvalue weighted by atomic mass is 32.1. The second-order valence-corrected chi connectivity index (χ2v) is 4.60. The van der Waals surface area contributed by atoms with E-state index in [1.54, 1.807) is 11.3 Å². The van der Waals surface area contributed by atoms with E-state index in [1.165, 1.54) is 12.8 Å². The minimum absolute atomic E-state index is 0.349. The van der Waals surface area contributed by atoms with E-state index in [4.69, 9.17) is 4.74 Å². The highest BCUT2D eigenvalue weighted by Gasteiger charge is 2.17. The first-order valence-corrected chi connectivity index (χ1v) is 5.97. The first kappa shape index (κ1) is 10.1. The van der Waals surface area contributed by atoms with Gasteiger partial charge in [-0.15, -0.1) is 11.3 Å². The molecule has 0 radical (unpaired) electrons. The van der Waals surface area contributed by atoms with Crippen molar-refractivity contribution in [2.45, 2.75) is 31.8 Å². The first-order valence-electron chi connectivity index (χ1n) is 5.09. The first-order chi connectivity index (χ1) is 6.86. The zero-order valence-corrected chi connectivity index (χ0v) is 9.22. The van der Waals surface area contributed by atoms with Crippen LogP contribution in [0.25, 0.3) is 0 Å². The van der Waals surface area contributed by atoms with Crippen molar-refractivity contribution in [2.75, 3.05) is 13.2 Å². The zero-order chi connectivity index (χ0) is 9.80. The van der Waals surface area contributed by atoms with Crippen molar-refractivity contribution in [3.05, 3.63) is 16.6 Å². The molecule has 3 nitrogen and oxygen atoms in total. The summed E-state index contributed by atoms with van der Waals surface area (Å²) in [6, 6.07) is 0.851. The Morgan fingerprint density at radius 2 is 2.64 bits per heavy atom. The molecule has 2 rings (SSSR count). The predicted molar refractivity (Wildman–Crippen MR) is 57.5 cm³/mol. The van der Waals surface area contributed by atoms with E-state index in [1.807, 2.05) is 11.6 Å². The van der Waals surface area contributed by atoms with Crippen LogP contribution < -0.4 is 5.32 Å². The second kappa shape index (κ2) is 4.87. The number of nitrogens with one attached hydrogen (secondary N) is 1. The molecule has 2 atom stereocenters. The third kappa shape index (κ3) is 2.53. The van der Waals surface area contributed by atoms with Gasteiger partial charge in [0.25, 0.3) is 0 Å². The molecule has 78 valence electrons. The number of aromatic nitrogens is 1. The van der Waals surface area contributed by atoms with Crippen LogP contribution >= 0.6 is 11.3 Å². The fourth-order valence-corrected chi connectivity index (χ4v) is 2.40. The van der Waals surface area contributed by atoms with Gasteiger partial charge in [-0.05, 0) is 19.8 Å². The van der Waals surface area contributed by atoms with Gasteiger partial charge in [0.05, 0.1) is 12.6 Å². The molecule has 1 aromatic heterocycles. The standard InChI is InChI=1S/C10H16N2OS/c1-8(10-11-4-6-14-10)12-9-3-2-5-13-7-9/h4,6,8-9,12H,2-3,5,7H2,1H3. The topological polar surface area (TPSA) is 34.1 Å².